The van der Waals surface area contributed by atoms with Crippen LogP contribution in [0.15, 0.2) is 35.6 Å². The summed E-state index contributed by atoms with van der Waals surface area (Å²) in [4.78, 5) is 7.08. The Kier molecular flexibility index (Phi) is 5.10. The van der Waals surface area contributed by atoms with Crippen LogP contribution in [0.25, 0.3) is 22.9 Å². The second-order valence-corrected chi connectivity index (χ2v) is 8.20. The van der Waals surface area contributed by atoms with Crippen molar-refractivity contribution in [2.45, 2.75) is 18.0 Å². The fraction of sp³-hybridized carbons (Fsp3) is 0.235. The molecule has 3 heterocycles. The highest BCUT2D eigenvalue weighted by atomic mass is 32.2. The predicted octanol–water partition coefficient (Wildman–Crippen LogP) is 2.62. The first-order valence-corrected chi connectivity index (χ1v) is 9.79. The van der Waals surface area contributed by atoms with Gasteiger partial charge in [0, 0.05) is 31.2 Å². The third-order valence-corrected chi connectivity index (χ3v) is 5.85. The van der Waals surface area contributed by atoms with Crippen LogP contribution in [0.4, 0.5) is 13.2 Å². The molecule has 0 bridgehead atoms. The molecule has 0 saturated carbocycles. The lowest BCUT2D eigenvalue weighted by molar-refractivity contribution is -0.138. The van der Waals surface area contributed by atoms with E-state index in [2.05, 4.69) is 20.2 Å². The summed E-state index contributed by atoms with van der Waals surface area (Å²) in [5.41, 5.74) is -0.724. The molecule has 0 radical (unpaired) electrons. The Balaban J connectivity index is 2.22. The van der Waals surface area contributed by atoms with Crippen molar-refractivity contribution in [3.63, 3.8) is 0 Å². The Bertz CT molecular complexity index is 1230. The van der Waals surface area contributed by atoms with Gasteiger partial charge in [0.05, 0.1) is 21.8 Å². The molecule has 0 aromatic carbocycles. The Morgan fingerprint density at radius 3 is 2.45 bits per heavy atom. The van der Waals surface area contributed by atoms with Crippen LogP contribution in [0, 0.1) is 11.3 Å². The summed E-state index contributed by atoms with van der Waals surface area (Å²) < 4.78 is 65.5. The van der Waals surface area contributed by atoms with Crippen LogP contribution >= 0.6 is 0 Å². The monoisotopic (exact) mass is 422 g/mol. The van der Waals surface area contributed by atoms with Crippen LogP contribution in [0.1, 0.15) is 18.1 Å². The molecule has 8 nitrogen and oxygen atoms in total. The second kappa shape index (κ2) is 7.25. The summed E-state index contributed by atoms with van der Waals surface area (Å²) in [5, 5.41) is 16.9. The van der Waals surface area contributed by atoms with Gasteiger partial charge in [0.2, 0.25) is 0 Å². The molecule has 12 heteroatoms. The molecule has 0 atom stereocenters. The molecular weight excluding hydrogens is 409 g/mol. The van der Waals surface area contributed by atoms with Crippen LogP contribution < -0.4 is 0 Å². The van der Waals surface area contributed by atoms with Crippen LogP contribution in [0.3, 0.4) is 0 Å². The zero-order valence-corrected chi connectivity index (χ0v) is 16.0. The number of hydrogen-bond donors (Lipinski definition) is 0. The van der Waals surface area contributed by atoms with Crippen LogP contribution in [-0.2, 0) is 23.1 Å². The molecule has 0 aliphatic carbocycles. The summed E-state index contributed by atoms with van der Waals surface area (Å²) >= 11 is 0. The lowest BCUT2D eigenvalue weighted by Gasteiger charge is -2.12. The second-order valence-electron chi connectivity index (χ2n) is 5.95. The summed E-state index contributed by atoms with van der Waals surface area (Å²) in [6, 6.07) is 3.99. The fourth-order valence-corrected chi connectivity index (χ4v) is 3.63. The Hall–Kier alpha value is -3.33. The minimum Gasteiger partial charge on any atom is -0.309 e. The van der Waals surface area contributed by atoms with E-state index in [-0.39, 0.29) is 22.9 Å². The van der Waals surface area contributed by atoms with Gasteiger partial charge in [-0.1, -0.05) is 6.92 Å². The lowest BCUT2D eigenvalue weighted by Crippen LogP contribution is -2.13. The summed E-state index contributed by atoms with van der Waals surface area (Å²) in [5.74, 6) is -0.212. The van der Waals surface area contributed by atoms with E-state index in [9.17, 15) is 21.6 Å². The summed E-state index contributed by atoms with van der Waals surface area (Å²) in [7, 11) is -2.54. The SMILES string of the molecule is CCS(=O)(=O)c1cc(C(F)(F)F)cnc1-c1nnc(-c2cncc(C#N)c2)n1C. The topological polar surface area (TPSA) is 114 Å². The van der Waals surface area contributed by atoms with Crippen molar-refractivity contribution in [2.24, 2.45) is 7.05 Å². The molecule has 0 spiro atoms. The van der Waals surface area contributed by atoms with Gasteiger partial charge in [0.15, 0.2) is 21.5 Å². The normalized spacial score (nSPS) is 12.0. The molecule has 3 rings (SSSR count). The maximum atomic E-state index is 13.1. The van der Waals surface area contributed by atoms with Gasteiger partial charge in [-0.15, -0.1) is 10.2 Å². The van der Waals surface area contributed by atoms with Crippen LogP contribution in [0.2, 0.25) is 0 Å². The van der Waals surface area contributed by atoms with Crippen molar-refractivity contribution in [1.82, 2.24) is 24.7 Å². The first-order chi connectivity index (χ1) is 13.6. The van der Waals surface area contributed by atoms with Crippen molar-refractivity contribution in [3.05, 3.63) is 41.9 Å². The molecule has 0 saturated heterocycles. The van der Waals surface area contributed by atoms with E-state index in [1.54, 1.807) is 0 Å². The molecule has 0 aliphatic rings. The van der Waals surface area contributed by atoms with Gasteiger partial charge in [0.25, 0.3) is 0 Å². The number of nitrogens with zero attached hydrogens (tertiary/aromatic N) is 6. The number of alkyl halides is 3. The minimum atomic E-state index is -4.75. The van der Waals surface area contributed by atoms with E-state index < -0.39 is 32.2 Å². The van der Waals surface area contributed by atoms with E-state index in [1.807, 2.05) is 6.07 Å². The quantitative estimate of drug-likeness (QED) is 0.635. The zero-order chi connectivity index (χ0) is 21.4. The number of nitriles is 1. The first-order valence-electron chi connectivity index (χ1n) is 8.13. The van der Waals surface area contributed by atoms with E-state index in [0.29, 0.717) is 17.8 Å². The average Bonchev–Trinajstić information content (AvgIpc) is 3.08. The lowest BCUT2D eigenvalue weighted by atomic mass is 10.2. The van der Waals surface area contributed by atoms with Crippen LogP contribution in [-0.4, -0.2) is 38.9 Å². The Morgan fingerprint density at radius 2 is 1.83 bits per heavy atom. The molecule has 0 N–H and O–H groups in total. The van der Waals surface area contributed by atoms with Gasteiger partial charge in [-0.05, 0) is 12.1 Å². The largest absolute Gasteiger partial charge is 0.417 e. The standard InChI is InChI=1S/C17H13F3N6O2S/c1-3-29(27,28)13-5-12(17(18,19)20)9-23-14(13)16-25-24-15(26(16)2)11-4-10(6-21)7-22-8-11/h4-5,7-9H,3H2,1-2H3. The molecule has 150 valence electrons. The van der Waals surface area contributed by atoms with Gasteiger partial charge < -0.3 is 4.57 Å². The maximum Gasteiger partial charge on any atom is 0.417 e. The molecule has 0 aliphatic heterocycles. The maximum absolute atomic E-state index is 13.1. The first kappa shape index (κ1) is 20.4. The average molecular weight is 422 g/mol. The smallest absolute Gasteiger partial charge is 0.309 e. The Labute approximate surface area is 163 Å². The number of hydrogen-bond acceptors (Lipinski definition) is 7. The van der Waals surface area contributed by atoms with Gasteiger partial charge in [-0.25, -0.2) is 8.42 Å². The van der Waals surface area contributed by atoms with Gasteiger partial charge >= 0.3 is 6.18 Å². The molecule has 0 fully saturated rings. The molecule has 29 heavy (non-hydrogen) atoms. The predicted molar refractivity (Wildman–Crippen MR) is 94.9 cm³/mol. The number of pyridine rings is 2. The zero-order valence-electron chi connectivity index (χ0n) is 15.1. The highest BCUT2D eigenvalue weighted by Gasteiger charge is 2.34. The third-order valence-electron chi connectivity index (χ3n) is 4.11. The van der Waals surface area contributed by atoms with E-state index in [1.165, 1.54) is 37.0 Å². The highest BCUT2D eigenvalue weighted by molar-refractivity contribution is 7.91. The molecular formula is C17H13F3N6O2S. The fourth-order valence-electron chi connectivity index (χ4n) is 2.57. The molecule has 3 aromatic rings. The van der Waals surface area contributed by atoms with Gasteiger partial charge in [-0.3, -0.25) is 9.97 Å². The Morgan fingerprint density at radius 1 is 1.14 bits per heavy atom. The minimum absolute atomic E-state index is 0.0388. The number of aromatic nitrogens is 5. The molecule has 0 amide bonds. The van der Waals surface area contributed by atoms with Gasteiger partial charge in [0.1, 0.15) is 11.8 Å². The van der Waals surface area contributed by atoms with Crippen molar-refractivity contribution in [3.8, 4) is 29.0 Å². The van der Waals surface area contributed by atoms with Crippen molar-refractivity contribution in [2.75, 3.05) is 5.75 Å². The third kappa shape index (κ3) is 3.81. The number of halogens is 3. The van der Waals surface area contributed by atoms with Crippen molar-refractivity contribution >= 4 is 9.84 Å². The number of sulfone groups is 1. The van der Waals surface area contributed by atoms with E-state index >= 15 is 0 Å². The molecule has 3 aromatic heterocycles. The van der Waals surface area contributed by atoms with Crippen molar-refractivity contribution < 1.29 is 21.6 Å². The highest BCUT2D eigenvalue weighted by Crippen LogP contribution is 2.34. The van der Waals surface area contributed by atoms with Crippen LogP contribution in [0.5, 0.6) is 0 Å². The number of rotatable bonds is 4. The molecule has 0 unspecified atom stereocenters. The van der Waals surface area contributed by atoms with Gasteiger partial charge in [-0.2, -0.15) is 18.4 Å². The summed E-state index contributed by atoms with van der Waals surface area (Å²) in [6.07, 6.45) is -1.42. The van der Waals surface area contributed by atoms with E-state index in [4.69, 9.17) is 5.26 Å². The summed E-state index contributed by atoms with van der Waals surface area (Å²) in [6.45, 7) is 1.32. The van der Waals surface area contributed by atoms with Crippen molar-refractivity contribution in [1.29, 1.82) is 5.26 Å². The van der Waals surface area contributed by atoms with E-state index in [0.717, 1.165) is 0 Å².